The molecule has 4 aromatic rings. The van der Waals surface area contributed by atoms with Crippen molar-refractivity contribution in [3.63, 3.8) is 0 Å². The van der Waals surface area contributed by atoms with Crippen LogP contribution in [0.25, 0.3) is 16.7 Å². The molecule has 1 atom stereocenters. The number of fused-ring (bicyclic) bond motifs is 1. The summed E-state index contributed by atoms with van der Waals surface area (Å²) in [7, 11) is 1.52. The third-order valence-electron chi connectivity index (χ3n) is 6.76. The number of aliphatic hydroxyl groups is 1. The number of rotatable bonds is 7. The van der Waals surface area contributed by atoms with Gasteiger partial charge < -0.3 is 24.6 Å². The lowest BCUT2D eigenvalue weighted by atomic mass is 10.0. The number of ketones is 1. The van der Waals surface area contributed by atoms with Crippen LogP contribution >= 0.6 is 0 Å². The standard InChI is InChI=1S/C27H28N6O4/c1-17-15-31(11-12-32(17)27(36)19-7-5-4-6-8-19)18(2)25(35)21-13-28-24-23(21)22(37-3)14-29-26(24)33-20(16-34)9-10-30-33/h4-10,13-14,17,28,34H,2,11-12,15-16H2,1,3H3/t17-/m1/s1. The van der Waals surface area contributed by atoms with E-state index in [1.807, 2.05) is 47.1 Å². The minimum Gasteiger partial charge on any atom is -0.494 e. The molecular weight excluding hydrogens is 472 g/mol. The second kappa shape index (κ2) is 9.90. The lowest BCUT2D eigenvalue weighted by Gasteiger charge is -2.41. The molecule has 10 heteroatoms. The Morgan fingerprint density at radius 2 is 2.00 bits per heavy atom. The number of hydrogen-bond acceptors (Lipinski definition) is 7. The van der Waals surface area contributed by atoms with Crippen molar-refractivity contribution in [2.24, 2.45) is 0 Å². The van der Waals surface area contributed by atoms with Crippen LogP contribution in [0.4, 0.5) is 0 Å². The lowest BCUT2D eigenvalue weighted by molar-refractivity contribution is 0.0536. The molecule has 4 heterocycles. The van der Waals surface area contributed by atoms with Crippen molar-refractivity contribution in [3.05, 3.63) is 84.1 Å². The topological polar surface area (TPSA) is 117 Å². The highest BCUT2D eigenvalue weighted by molar-refractivity contribution is 6.17. The Morgan fingerprint density at radius 1 is 1.22 bits per heavy atom. The number of Topliss-reactive ketones (excluding diaryl/α,β-unsaturated/α-hetero) is 1. The molecule has 37 heavy (non-hydrogen) atoms. The van der Waals surface area contributed by atoms with Gasteiger partial charge in [-0.25, -0.2) is 9.67 Å². The zero-order chi connectivity index (χ0) is 26.1. The molecule has 1 aliphatic rings. The van der Waals surface area contributed by atoms with Crippen LogP contribution in [-0.4, -0.2) is 79.1 Å². The molecule has 1 aromatic carbocycles. The number of hydrogen-bond donors (Lipinski definition) is 2. The van der Waals surface area contributed by atoms with Crippen molar-refractivity contribution in [1.29, 1.82) is 0 Å². The summed E-state index contributed by atoms with van der Waals surface area (Å²) in [4.78, 5) is 38.0. The van der Waals surface area contributed by atoms with Crippen molar-refractivity contribution in [2.45, 2.75) is 19.6 Å². The first kappa shape index (κ1) is 24.3. The first-order valence-electron chi connectivity index (χ1n) is 12.0. The Morgan fingerprint density at radius 3 is 2.70 bits per heavy atom. The number of benzene rings is 1. The maximum Gasteiger partial charge on any atom is 0.254 e. The zero-order valence-electron chi connectivity index (χ0n) is 20.7. The molecule has 1 saturated heterocycles. The van der Waals surface area contributed by atoms with Crippen LogP contribution in [0.15, 0.2) is 67.3 Å². The molecular formula is C27H28N6O4. The van der Waals surface area contributed by atoms with Crippen LogP contribution in [0.5, 0.6) is 5.75 Å². The Hall–Kier alpha value is -4.44. The number of aromatic amines is 1. The molecule has 0 bridgehead atoms. The maximum atomic E-state index is 13.7. The van der Waals surface area contributed by atoms with E-state index in [-0.39, 0.29) is 24.3 Å². The number of carbonyl (C=O) groups excluding carboxylic acids is 2. The summed E-state index contributed by atoms with van der Waals surface area (Å²) in [6, 6.07) is 10.8. The molecule has 190 valence electrons. The summed E-state index contributed by atoms with van der Waals surface area (Å²) in [6.07, 6.45) is 4.72. The number of piperazine rings is 1. The van der Waals surface area contributed by atoms with Gasteiger partial charge in [0.25, 0.3) is 5.91 Å². The smallest absolute Gasteiger partial charge is 0.254 e. The van der Waals surface area contributed by atoms with Gasteiger partial charge >= 0.3 is 0 Å². The quantitative estimate of drug-likeness (QED) is 0.296. The number of ether oxygens (including phenoxy) is 1. The van der Waals surface area contributed by atoms with E-state index in [4.69, 9.17) is 4.74 Å². The summed E-state index contributed by atoms with van der Waals surface area (Å²) in [5.74, 6) is 0.600. The van der Waals surface area contributed by atoms with Crippen molar-refractivity contribution >= 4 is 22.6 Å². The molecule has 0 unspecified atom stereocenters. The number of aromatic nitrogens is 4. The van der Waals surface area contributed by atoms with E-state index in [0.29, 0.717) is 64.6 Å². The van der Waals surface area contributed by atoms with Crippen molar-refractivity contribution in [3.8, 4) is 11.6 Å². The average molecular weight is 501 g/mol. The van der Waals surface area contributed by atoms with Crippen LogP contribution in [0.1, 0.15) is 33.3 Å². The van der Waals surface area contributed by atoms with Crippen molar-refractivity contribution in [2.75, 3.05) is 26.7 Å². The summed E-state index contributed by atoms with van der Waals surface area (Å²) >= 11 is 0. The van der Waals surface area contributed by atoms with E-state index in [1.165, 1.54) is 18.0 Å². The number of carbonyl (C=O) groups is 2. The summed E-state index contributed by atoms with van der Waals surface area (Å²) in [6.45, 7) is 7.33. The number of nitrogens with one attached hydrogen (secondary N) is 1. The van der Waals surface area contributed by atoms with E-state index >= 15 is 0 Å². The van der Waals surface area contributed by atoms with Gasteiger partial charge in [0.15, 0.2) is 5.82 Å². The zero-order valence-corrected chi connectivity index (χ0v) is 20.7. The number of amides is 1. The number of nitrogens with zero attached hydrogens (tertiary/aromatic N) is 5. The molecule has 1 fully saturated rings. The van der Waals surface area contributed by atoms with Crippen molar-refractivity contribution in [1.82, 2.24) is 29.5 Å². The van der Waals surface area contributed by atoms with Crippen LogP contribution in [0.2, 0.25) is 0 Å². The normalized spacial score (nSPS) is 15.7. The van der Waals surface area contributed by atoms with Gasteiger partial charge in [0.2, 0.25) is 5.78 Å². The molecule has 0 radical (unpaired) electrons. The lowest BCUT2D eigenvalue weighted by Crippen LogP contribution is -2.54. The van der Waals surface area contributed by atoms with Crippen LogP contribution < -0.4 is 4.74 Å². The minimum atomic E-state index is -0.250. The fourth-order valence-corrected chi connectivity index (χ4v) is 4.79. The predicted molar refractivity (Wildman–Crippen MR) is 138 cm³/mol. The van der Waals surface area contributed by atoms with Crippen molar-refractivity contribution < 1.29 is 19.4 Å². The number of allylic oxidation sites excluding steroid dienone is 1. The molecule has 1 amide bonds. The van der Waals surface area contributed by atoms with Crippen LogP contribution in [0.3, 0.4) is 0 Å². The molecule has 1 aliphatic heterocycles. The minimum absolute atomic E-state index is 0.0213. The summed E-state index contributed by atoms with van der Waals surface area (Å²) < 4.78 is 7.05. The highest BCUT2D eigenvalue weighted by Gasteiger charge is 2.31. The van der Waals surface area contributed by atoms with Gasteiger partial charge in [-0.2, -0.15) is 5.10 Å². The molecule has 5 rings (SSSR count). The third-order valence-corrected chi connectivity index (χ3v) is 6.76. The Labute approximate surface area is 213 Å². The van der Waals surface area contributed by atoms with E-state index in [1.54, 1.807) is 18.5 Å². The van der Waals surface area contributed by atoms with Gasteiger partial charge in [-0.3, -0.25) is 9.59 Å². The Balaban J connectivity index is 1.40. The fraction of sp³-hybridized carbons (Fsp3) is 0.259. The molecule has 0 aliphatic carbocycles. The maximum absolute atomic E-state index is 13.7. The number of pyridine rings is 1. The second-order valence-electron chi connectivity index (χ2n) is 8.93. The van der Waals surface area contributed by atoms with Gasteiger partial charge in [0, 0.05) is 43.6 Å². The number of aliphatic hydroxyl groups excluding tert-OH is 1. The second-order valence-corrected chi connectivity index (χ2v) is 8.93. The predicted octanol–water partition coefficient (Wildman–Crippen LogP) is 2.79. The summed E-state index contributed by atoms with van der Waals surface area (Å²) in [5.41, 5.74) is 2.50. The number of H-pyrrole nitrogens is 1. The molecule has 10 nitrogen and oxygen atoms in total. The number of methoxy groups -OCH3 is 1. The largest absolute Gasteiger partial charge is 0.494 e. The highest BCUT2D eigenvalue weighted by Crippen LogP contribution is 2.33. The van der Waals surface area contributed by atoms with E-state index in [0.717, 1.165) is 0 Å². The van der Waals surface area contributed by atoms with Gasteiger partial charge in [0.05, 0.1) is 47.8 Å². The average Bonchev–Trinajstić information content (AvgIpc) is 3.59. The first-order valence-corrected chi connectivity index (χ1v) is 12.0. The Bertz CT molecular complexity index is 1470. The Kier molecular flexibility index (Phi) is 6.49. The van der Waals surface area contributed by atoms with Gasteiger partial charge in [-0.1, -0.05) is 24.8 Å². The first-order chi connectivity index (χ1) is 17.9. The van der Waals surface area contributed by atoms with Crippen LogP contribution in [-0.2, 0) is 6.61 Å². The molecule has 0 saturated carbocycles. The summed E-state index contributed by atoms with van der Waals surface area (Å²) in [5, 5.41) is 14.5. The van der Waals surface area contributed by atoms with Crippen LogP contribution in [0, 0.1) is 0 Å². The fourth-order valence-electron chi connectivity index (χ4n) is 4.79. The van der Waals surface area contributed by atoms with E-state index < -0.39 is 0 Å². The van der Waals surface area contributed by atoms with Gasteiger partial charge in [0.1, 0.15) is 5.75 Å². The SMILES string of the molecule is C=C(C(=O)c1c[nH]c2c(-n3nccc3CO)ncc(OC)c12)N1CCN(C(=O)c2ccccc2)[C@H](C)C1. The van der Waals surface area contributed by atoms with E-state index in [9.17, 15) is 14.7 Å². The monoisotopic (exact) mass is 500 g/mol. The van der Waals surface area contributed by atoms with Gasteiger partial charge in [-0.05, 0) is 25.1 Å². The van der Waals surface area contributed by atoms with E-state index in [2.05, 4.69) is 21.6 Å². The molecule has 0 spiro atoms. The molecule has 3 aromatic heterocycles. The third kappa shape index (κ3) is 4.25. The van der Waals surface area contributed by atoms with Gasteiger partial charge in [-0.15, -0.1) is 0 Å². The molecule has 2 N–H and O–H groups in total. The highest BCUT2D eigenvalue weighted by atomic mass is 16.5.